The van der Waals surface area contributed by atoms with Crippen LogP contribution in [0.2, 0.25) is 0 Å². The molecular weight excluding hydrogens is 340 g/mol. The van der Waals surface area contributed by atoms with E-state index in [1.54, 1.807) is 0 Å². The Morgan fingerprint density at radius 2 is 2.18 bits per heavy atom. The number of hydrogen-bond acceptors (Lipinski definition) is 1. The summed E-state index contributed by atoms with van der Waals surface area (Å²) in [6.07, 6.45) is 23.2. The van der Waals surface area contributed by atoms with E-state index < -0.39 is 0 Å². The van der Waals surface area contributed by atoms with Gasteiger partial charge in [0.2, 0.25) is 0 Å². The van der Waals surface area contributed by atoms with Crippen LogP contribution in [0.1, 0.15) is 66.7 Å². The molecule has 1 aliphatic rings. The van der Waals surface area contributed by atoms with Gasteiger partial charge >= 0.3 is 0 Å². The van der Waals surface area contributed by atoms with Crippen LogP contribution in [0.4, 0.5) is 0 Å². The smallest absolute Gasteiger partial charge is 0.131 e. The highest BCUT2D eigenvalue weighted by Gasteiger charge is 2.14. The average molecular weight is 381 g/mol. The molecule has 0 saturated carbocycles. The Hall–Kier alpha value is -2.09. The molecule has 1 rings (SSSR count). The van der Waals surface area contributed by atoms with Gasteiger partial charge in [-0.15, -0.1) is 6.58 Å². The number of amidine groups is 1. The molecule has 0 heterocycles. The molecule has 28 heavy (non-hydrogen) atoms. The van der Waals surface area contributed by atoms with Gasteiger partial charge in [0.1, 0.15) is 5.84 Å². The number of rotatable bonds is 11. The maximum atomic E-state index is 4.84. The van der Waals surface area contributed by atoms with Gasteiger partial charge in [-0.2, -0.15) is 0 Å². The highest BCUT2D eigenvalue weighted by Crippen LogP contribution is 2.24. The number of nitrogens with one attached hydrogen (secondary N) is 1. The summed E-state index contributed by atoms with van der Waals surface area (Å²) in [5.74, 6) is 1.97. The molecule has 2 atom stereocenters. The topological polar surface area (TPSA) is 24.4 Å². The molecule has 0 bridgehead atoms. The summed E-state index contributed by atoms with van der Waals surface area (Å²) < 4.78 is 0. The van der Waals surface area contributed by atoms with Crippen LogP contribution in [0.25, 0.3) is 0 Å². The number of aliphatic imine (C=N–C) groups is 1. The average Bonchev–Trinajstić information content (AvgIpc) is 2.67. The van der Waals surface area contributed by atoms with E-state index in [1.165, 1.54) is 16.7 Å². The van der Waals surface area contributed by atoms with Gasteiger partial charge in [0, 0.05) is 18.0 Å². The molecule has 154 valence electrons. The third-order valence-electron chi connectivity index (χ3n) is 4.93. The van der Waals surface area contributed by atoms with Crippen LogP contribution in [0.3, 0.4) is 0 Å². The molecule has 0 fully saturated rings. The molecule has 0 aromatic heterocycles. The van der Waals surface area contributed by atoms with E-state index in [0.717, 1.165) is 44.5 Å². The van der Waals surface area contributed by atoms with Gasteiger partial charge in [0.05, 0.1) is 0 Å². The van der Waals surface area contributed by atoms with Gasteiger partial charge in [0.15, 0.2) is 0 Å². The van der Waals surface area contributed by atoms with Crippen molar-refractivity contribution in [2.24, 2.45) is 16.8 Å². The first-order valence-electron chi connectivity index (χ1n) is 10.8. The zero-order chi connectivity index (χ0) is 20.8. The number of nitrogens with zero attached hydrogens (tertiary/aromatic N) is 1. The van der Waals surface area contributed by atoms with Crippen molar-refractivity contribution in [3.8, 4) is 0 Å². The molecule has 0 radical (unpaired) electrons. The van der Waals surface area contributed by atoms with E-state index in [1.807, 2.05) is 0 Å². The molecule has 0 aromatic carbocycles. The van der Waals surface area contributed by atoms with Crippen LogP contribution in [0.5, 0.6) is 0 Å². The quantitative estimate of drug-likeness (QED) is 0.227. The van der Waals surface area contributed by atoms with Crippen LogP contribution < -0.4 is 5.32 Å². The predicted molar refractivity (Wildman–Crippen MR) is 127 cm³/mol. The van der Waals surface area contributed by atoms with Gasteiger partial charge in [0.25, 0.3) is 0 Å². The molecule has 0 spiro atoms. The minimum absolute atomic E-state index is 0.469. The van der Waals surface area contributed by atoms with Crippen molar-refractivity contribution in [1.29, 1.82) is 0 Å². The Labute approximate surface area is 173 Å². The monoisotopic (exact) mass is 380 g/mol. The van der Waals surface area contributed by atoms with E-state index in [4.69, 9.17) is 4.99 Å². The summed E-state index contributed by atoms with van der Waals surface area (Å²) in [4.78, 5) is 4.84. The molecule has 1 aliphatic carbocycles. The fraction of sp³-hybridized carbons (Fsp3) is 0.500. The van der Waals surface area contributed by atoms with Crippen LogP contribution in [0.15, 0.2) is 77.0 Å². The summed E-state index contributed by atoms with van der Waals surface area (Å²) in [5, 5.41) is 3.46. The molecule has 2 unspecified atom stereocenters. The molecule has 2 heteroatoms. The van der Waals surface area contributed by atoms with Crippen LogP contribution in [-0.2, 0) is 0 Å². The van der Waals surface area contributed by atoms with Crippen molar-refractivity contribution in [2.75, 3.05) is 6.54 Å². The Morgan fingerprint density at radius 3 is 2.86 bits per heavy atom. The van der Waals surface area contributed by atoms with Crippen molar-refractivity contribution in [1.82, 2.24) is 5.32 Å². The summed E-state index contributed by atoms with van der Waals surface area (Å²) in [5.41, 5.74) is 3.80. The molecular formula is C26H40N2. The second-order valence-corrected chi connectivity index (χ2v) is 7.79. The van der Waals surface area contributed by atoms with Gasteiger partial charge in [-0.3, -0.25) is 4.99 Å². The number of hydrogen-bond donors (Lipinski definition) is 1. The van der Waals surface area contributed by atoms with Crippen molar-refractivity contribution < 1.29 is 0 Å². The third kappa shape index (κ3) is 9.73. The number of allylic oxidation sites excluding steroid dienone is 7. The maximum Gasteiger partial charge on any atom is 0.131 e. The minimum Gasteiger partial charge on any atom is -0.347 e. The fourth-order valence-corrected chi connectivity index (χ4v) is 3.12. The molecule has 0 amide bonds. The first kappa shape index (κ1) is 23.9. The standard InChI is InChI=1S/C26H40N2/c1-7-9-10-13-22(5)17-19-28-26(27-18-16-21(3)4)25-15-11-14-24(20-25)23(6)12-8-2/h7,9,11-12,15,17,19-20,22,24H,3,8,10,13-14,16,18H2,1-2,4-6H3,(H,27,28)/b9-7?,19-17+,23-12?. The van der Waals surface area contributed by atoms with Gasteiger partial charge in [-0.25, -0.2) is 0 Å². The van der Waals surface area contributed by atoms with Gasteiger partial charge in [-0.1, -0.05) is 67.5 Å². The normalized spacial score (nSPS) is 19.3. The van der Waals surface area contributed by atoms with Crippen molar-refractivity contribution >= 4 is 5.84 Å². The zero-order valence-electron chi connectivity index (χ0n) is 18.7. The summed E-state index contributed by atoms with van der Waals surface area (Å²) >= 11 is 0. The fourth-order valence-electron chi connectivity index (χ4n) is 3.12. The molecule has 0 aromatic rings. The van der Waals surface area contributed by atoms with Gasteiger partial charge < -0.3 is 5.32 Å². The first-order chi connectivity index (χ1) is 13.5. The second-order valence-electron chi connectivity index (χ2n) is 7.79. The van der Waals surface area contributed by atoms with Crippen LogP contribution in [0, 0.1) is 11.8 Å². The largest absolute Gasteiger partial charge is 0.347 e. The highest BCUT2D eigenvalue weighted by molar-refractivity contribution is 6.01. The van der Waals surface area contributed by atoms with E-state index in [-0.39, 0.29) is 0 Å². The second kappa shape index (κ2) is 14.0. The zero-order valence-corrected chi connectivity index (χ0v) is 18.7. The van der Waals surface area contributed by atoms with E-state index in [9.17, 15) is 0 Å². The van der Waals surface area contributed by atoms with E-state index in [0.29, 0.717) is 11.8 Å². The summed E-state index contributed by atoms with van der Waals surface area (Å²) in [7, 11) is 0. The van der Waals surface area contributed by atoms with Crippen molar-refractivity contribution in [3.63, 3.8) is 0 Å². The molecule has 0 saturated heterocycles. The lowest BCUT2D eigenvalue weighted by Gasteiger charge is -2.19. The molecule has 0 aliphatic heterocycles. The summed E-state index contributed by atoms with van der Waals surface area (Å²) in [6.45, 7) is 15.6. The SMILES string of the molecule is C=C(C)CCN=C(N/C=C/C(C)CCC=CC)C1=CC(C(C)=CCC)CC=C1. The predicted octanol–water partition coefficient (Wildman–Crippen LogP) is 7.31. The van der Waals surface area contributed by atoms with Crippen LogP contribution >= 0.6 is 0 Å². The Kier molecular flexibility index (Phi) is 12.0. The minimum atomic E-state index is 0.469. The maximum absolute atomic E-state index is 4.84. The van der Waals surface area contributed by atoms with E-state index >= 15 is 0 Å². The molecule has 2 nitrogen and oxygen atoms in total. The van der Waals surface area contributed by atoms with Crippen molar-refractivity contribution in [2.45, 2.75) is 66.7 Å². The van der Waals surface area contributed by atoms with Gasteiger partial charge in [-0.05, 0) is 65.0 Å². The van der Waals surface area contributed by atoms with E-state index in [2.05, 4.69) is 95.2 Å². The Balaban J connectivity index is 2.88. The lowest BCUT2D eigenvalue weighted by Crippen LogP contribution is -2.22. The third-order valence-corrected chi connectivity index (χ3v) is 4.93. The lowest BCUT2D eigenvalue weighted by molar-refractivity contribution is 0.655. The summed E-state index contributed by atoms with van der Waals surface area (Å²) in [6, 6.07) is 0. The Morgan fingerprint density at radius 1 is 1.39 bits per heavy atom. The highest BCUT2D eigenvalue weighted by atomic mass is 15.0. The van der Waals surface area contributed by atoms with Crippen molar-refractivity contribution in [3.05, 3.63) is 72.0 Å². The first-order valence-corrected chi connectivity index (χ1v) is 10.8. The lowest BCUT2D eigenvalue weighted by atomic mass is 9.89. The molecule has 1 N–H and O–H groups in total. The Bertz CT molecular complexity index is 656. The van der Waals surface area contributed by atoms with Crippen LogP contribution in [-0.4, -0.2) is 12.4 Å².